The van der Waals surface area contributed by atoms with Gasteiger partial charge in [0.05, 0.1) is 28.7 Å². The molecule has 0 spiro atoms. The third-order valence-electron chi connectivity index (χ3n) is 3.46. The van der Waals surface area contributed by atoms with Crippen molar-refractivity contribution in [3.05, 3.63) is 57.1 Å². The Morgan fingerprint density at radius 2 is 1.79 bits per heavy atom. The summed E-state index contributed by atoms with van der Waals surface area (Å²) in [5.41, 5.74) is -1.56. The van der Waals surface area contributed by atoms with Gasteiger partial charge in [-0.2, -0.15) is 13.2 Å². The Bertz CT molecular complexity index is 920. The minimum atomic E-state index is -4.59. The molecule has 0 aliphatic rings. The Balaban J connectivity index is 2.31. The summed E-state index contributed by atoms with van der Waals surface area (Å²) in [4.78, 5) is 22.0. The lowest BCUT2D eigenvalue weighted by atomic mass is 10.2. The molecule has 0 heterocycles. The lowest BCUT2D eigenvalue weighted by Gasteiger charge is -2.15. The van der Waals surface area contributed by atoms with Gasteiger partial charge in [-0.25, -0.2) is 4.79 Å². The second kappa shape index (κ2) is 8.97. The molecule has 0 saturated carbocycles. The van der Waals surface area contributed by atoms with Crippen molar-refractivity contribution >= 4 is 23.3 Å². The van der Waals surface area contributed by atoms with Crippen LogP contribution in [0.5, 0.6) is 17.2 Å². The van der Waals surface area contributed by atoms with Crippen molar-refractivity contribution < 1.29 is 41.8 Å². The fraction of sp³-hybridized carbons (Fsp3) is 0.235. The van der Waals surface area contributed by atoms with E-state index in [-0.39, 0.29) is 22.3 Å². The summed E-state index contributed by atoms with van der Waals surface area (Å²) in [7, 11) is 2.22. The topological polar surface area (TPSA) is 97.1 Å². The van der Waals surface area contributed by atoms with E-state index in [0.717, 1.165) is 38.5 Å². The Morgan fingerprint density at radius 3 is 2.31 bits per heavy atom. The van der Waals surface area contributed by atoms with Gasteiger partial charge in [0.25, 0.3) is 6.29 Å². The van der Waals surface area contributed by atoms with E-state index < -0.39 is 34.6 Å². The van der Waals surface area contributed by atoms with E-state index in [1.54, 1.807) is 0 Å². The Hall–Kier alpha value is -3.05. The molecule has 2 aromatic rings. The number of esters is 1. The monoisotopic (exact) mass is 435 g/mol. The van der Waals surface area contributed by atoms with Gasteiger partial charge in [0.15, 0.2) is 0 Å². The first kappa shape index (κ1) is 22.2. The fourth-order valence-electron chi connectivity index (χ4n) is 2.09. The number of rotatable bonds is 7. The lowest BCUT2D eigenvalue weighted by molar-refractivity contribution is -0.386. The Kier molecular flexibility index (Phi) is 6.88. The van der Waals surface area contributed by atoms with Gasteiger partial charge in [0, 0.05) is 7.11 Å². The number of alkyl halides is 3. The summed E-state index contributed by atoms with van der Waals surface area (Å²) in [6.07, 6.45) is -6.13. The Labute approximate surface area is 166 Å². The number of halogens is 4. The van der Waals surface area contributed by atoms with Crippen LogP contribution in [0.25, 0.3) is 0 Å². The van der Waals surface area contributed by atoms with Crippen molar-refractivity contribution in [2.45, 2.75) is 12.5 Å². The summed E-state index contributed by atoms with van der Waals surface area (Å²) in [5.74, 6) is -1.48. The van der Waals surface area contributed by atoms with Gasteiger partial charge in [0.2, 0.25) is 5.75 Å². The summed E-state index contributed by atoms with van der Waals surface area (Å²) in [6.45, 7) is 0. The third-order valence-corrected chi connectivity index (χ3v) is 3.75. The van der Waals surface area contributed by atoms with Gasteiger partial charge in [-0.1, -0.05) is 11.6 Å². The molecular weight excluding hydrogens is 423 g/mol. The van der Waals surface area contributed by atoms with Crippen LogP contribution in [-0.4, -0.2) is 31.4 Å². The molecule has 0 aliphatic carbocycles. The van der Waals surface area contributed by atoms with Crippen molar-refractivity contribution in [1.82, 2.24) is 0 Å². The first-order valence-corrected chi connectivity index (χ1v) is 8.05. The quantitative estimate of drug-likeness (QED) is 0.271. The molecule has 12 heteroatoms. The largest absolute Gasteiger partial charge is 0.464 e. The van der Waals surface area contributed by atoms with Gasteiger partial charge in [-0.3, -0.25) is 10.1 Å². The molecule has 1 unspecified atom stereocenters. The van der Waals surface area contributed by atoms with Crippen LogP contribution in [0.1, 0.15) is 5.56 Å². The van der Waals surface area contributed by atoms with Gasteiger partial charge >= 0.3 is 17.8 Å². The summed E-state index contributed by atoms with van der Waals surface area (Å²) >= 11 is 5.81. The molecule has 29 heavy (non-hydrogen) atoms. The van der Waals surface area contributed by atoms with Gasteiger partial charge in [-0.05, 0) is 30.3 Å². The molecular formula is C17H13ClF3NO7. The van der Waals surface area contributed by atoms with Crippen molar-refractivity contribution in [2.75, 3.05) is 14.2 Å². The molecule has 0 fully saturated rings. The second-order valence-electron chi connectivity index (χ2n) is 5.34. The number of ether oxygens (including phenoxy) is 4. The molecule has 0 radical (unpaired) electrons. The van der Waals surface area contributed by atoms with Gasteiger partial charge < -0.3 is 18.9 Å². The highest BCUT2D eigenvalue weighted by atomic mass is 35.5. The van der Waals surface area contributed by atoms with Crippen molar-refractivity contribution in [1.29, 1.82) is 0 Å². The van der Waals surface area contributed by atoms with E-state index in [1.165, 1.54) is 6.07 Å². The van der Waals surface area contributed by atoms with Crippen molar-refractivity contribution in [3.8, 4) is 17.2 Å². The molecule has 8 nitrogen and oxygen atoms in total. The van der Waals surface area contributed by atoms with Crippen LogP contribution in [0.3, 0.4) is 0 Å². The number of carbonyl (C=O) groups excluding carboxylic acids is 1. The van der Waals surface area contributed by atoms with Crippen LogP contribution in [0.15, 0.2) is 36.4 Å². The van der Waals surface area contributed by atoms with Crippen LogP contribution in [-0.2, 0) is 20.4 Å². The summed E-state index contributed by atoms with van der Waals surface area (Å²) < 4.78 is 57.8. The van der Waals surface area contributed by atoms with Crippen molar-refractivity contribution in [2.24, 2.45) is 0 Å². The highest BCUT2D eigenvalue weighted by Crippen LogP contribution is 2.38. The number of nitro benzene ring substituents is 1. The number of hydrogen-bond donors (Lipinski definition) is 0. The zero-order valence-corrected chi connectivity index (χ0v) is 15.6. The number of benzene rings is 2. The zero-order chi connectivity index (χ0) is 21.8. The minimum absolute atomic E-state index is 0.0993. The Morgan fingerprint density at radius 1 is 1.14 bits per heavy atom. The van der Waals surface area contributed by atoms with Crippen LogP contribution in [0, 0.1) is 10.1 Å². The molecule has 2 rings (SSSR count). The lowest BCUT2D eigenvalue weighted by Crippen LogP contribution is -2.30. The molecule has 2 aromatic carbocycles. The minimum Gasteiger partial charge on any atom is -0.464 e. The summed E-state index contributed by atoms with van der Waals surface area (Å²) in [6, 6.07) is 5.72. The van der Waals surface area contributed by atoms with E-state index in [4.69, 9.17) is 25.8 Å². The van der Waals surface area contributed by atoms with E-state index in [1.807, 2.05) is 0 Å². The predicted octanol–water partition coefficient (Wildman–Crippen LogP) is 4.58. The molecule has 0 aliphatic heterocycles. The molecule has 156 valence electrons. The average molecular weight is 436 g/mol. The standard InChI is InChI=1S/C17H13ClF3NO7/c1-26-15(23)16(27-2)29-14-6-4-10(8-12(14)22(24)25)28-13-5-3-9(7-11(13)18)17(19,20)21/h3-8,16H,1-2H3. The fourth-order valence-corrected chi connectivity index (χ4v) is 2.31. The molecule has 0 N–H and O–H groups in total. The first-order chi connectivity index (χ1) is 13.6. The van der Waals surface area contributed by atoms with E-state index in [9.17, 15) is 28.1 Å². The molecule has 0 aromatic heterocycles. The number of carbonyl (C=O) groups is 1. The van der Waals surface area contributed by atoms with Crippen LogP contribution >= 0.6 is 11.6 Å². The normalized spacial score (nSPS) is 12.2. The maximum atomic E-state index is 12.7. The van der Waals surface area contributed by atoms with Gasteiger partial charge in [0.1, 0.15) is 11.5 Å². The van der Waals surface area contributed by atoms with Crippen LogP contribution in [0.4, 0.5) is 18.9 Å². The van der Waals surface area contributed by atoms with Crippen molar-refractivity contribution in [3.63, 3.8) is 0 Å². The number of hydrogen-bond acceptors (Lipinski definition) is 7. The number of nitrogens with zero attached hydrogens (tertiary/aromatic N) is 1. The SMILES string of the molecule is COC(=O)C(OC)Oc1ccc(Oc2ccc(C(F)(F)F)cc2Cl)cc1[N+](=O)[O-]. The highest BCUT2D eigenvalue weighted by Gasteiger charge is 2.31. The predicted molar refractivity (Wildman–Crippen MR) is 93.1 cm³/mol. The van der Waals surface area contributed by atoms with E-state index in [0.29, 0.717) is 6.07 Å². The van der Waals surface area contributed by atoms with E-state index in [2.05, 4.69) is 4.74 Å². The zero-order valence-electron chi connectivity index (χ0n) is 14.9. The molecule has 0 bridgehead atoms. The molecule has 0 amide bonds. The number of nitro groups is 1. The number of methoxy groups -OCH3 is 2. The maximum Gasteiger partial charge on any atom is 0.416 e. The van der Waals surface area contributed by atoms with Gasteiger partial charge in [-0.15, -0.1) is 0 Å². The average Bonchev–Trinajstić information content (AvgIpc) is 2.66. The third kappa shape index (κ3) is 5.48. The van der Waals surface area contributed by atoms with Crippen LogP contribution in [0.2, 0.25) is 5.02 Å². The molecule has 0 saturated heterocycles. The first-order valence-electron chi connectivity index (χ1n) is 7.67. The maximum absolute atomic E-state index is 12.7. The molecule has 1 atom stereocenters. The van der Waals surface area contributed by atoms with E-state index >= 15 is 0 Å². The summed E-state index contributed by atoms with van der Waals surface area (Å²) in [5, 5.41) is 11.0. The smallest absolute Gasteiger partial charge is 0.416 e. The second-order valence-corrected chi connectivity index (χ2v) is 5.75. The van der Waals surface area contributed by atoms with Crippen LogP contribution < -0.4 is 9.47 Å². The highest BCUT2D eigenvalue weighted by molar-refractivity contribution is 6.32.